The number of nitrogens with one attached hydrogen (secondary N) is 2. The van der Waals surface area contributed by atoms with Gasteiger partial charge in [0.2, 0.25) is 11.8 Å². The summed E-state index contributed by atoms with van der Waals surface area (Å²) in [6.45, 7) is 5.41. The number of alkyl carbamates (subject to hydrolysis) is 1. The quantitative estimate of drug-likeness (QED) is 0.694. The third-order valence-corrected chi connectivity index (χ3v) is 6.29. The number of fused-ring (bicyclic) bond motifs is 1. The highest BCUT2D eigenvalue weighted by Gasteiger charge is 2.40. The first kappa shape index (κ1) is 20.4. The lowest BCUT2D eigenvalue weighted by Gasteiger charge is -2.29. The minimum absolute atomic E-state index is 0.225. The van der Waals surface area contributed by atoms with E-state index in [2.05, 4.69) is 24.5 Å². The van der Waals surface area contributed by atoms with Gasteiger partial charge in [-0.25, -0.2) is 4.79 Å². The van der Waals surface area contributed by atoms with Crippen molar-refractivity contribution < 1.29 is 23.9 Å². The van der Waals surface area contributed by atoms with E-state index in [-0.39, 0.29) is 24.8 Å². The van der Waals surface area contributed by atoms with Gasteiger partial charge in [-0.1, -0.05) is 26.0 Å². The second-order valence-corrected chi connectivity index (χ2v) is 8.75. The Bertz CT molecular complexity index is 897. The van der Waals surface area contributed by atoms with Gasteiger partial charge in [-0.3, -0.25) is 19.7 Å². The Kier molecular flexibility index (Phi) is 5.49. The van der Waals surface area contributed by atoms with Crippen molar-refractivity contribution in [3.63, 3.8) is 0 Å². The summed E-state index contributed by atoms with van der Waals surface area (Å²) in [7, 11) is 0. The maximum atomic E-state index is 12.8. The van der Waals surface area contributed by atoms with Crippen molar-refractivity contribution >= 4 is 23.8 Å². The lowest BCUT2D eigenvalue weighted by atomic mass is 10.0. The van der Waals surface area contributed by atoms with E-state index in [1.807, 2.05) is 12.1 Å². The first-order chi connectivity index (χ1) is 14.3. The van der Waals surface area contributed by atoms with Crippen LogP contribution in [-0.4, -0.2) is 41.4 Å². The molecule has 3 aliphatic rings. The molecule has 4 amide bonds. The van der Waals surface area contributed by atoms with Gasteiger partial charge in [0.1, 0.15) is 6.04 Å². The van der Waals surface area contributed by atoms with E-state index in [1.54, 1.807) is 6.07 Å². The van der Waals surface area contributed by atoms with E-state index in [4.69, 9.17) is 4.74 Å². The Morgan fingerprint density at radius 1 is 1.30 bits per heavy atom. The molecule has 1 aliphatic carbocycles. The molecule has 0 radical (unpaired) electrons. The predicted molar refractivity (Wildman–Crippen MR) is 107 cm³/mol. The molecule has 4 rings (SSSR count). The topological polar surface area (TPSA) is 105 Å². The second-order valence-electron chi connectivity index (χ2n) is 8.75. The molecule has 2 heterocycles. The summed E-state index contributed by atoms with van der Waals surface area (Å²) in [5.41, 5.74) is 2.16. The monoisotopic (exact) mass is 413 g/mol. The molecular weight excluding hydrogens is 386 g/mol. The van der Waals surface area contributed by atoms with Gasteiger partial charge in [-0.2, -0.15) is 0 Å². The molecule has 0 aromatic heterocycles. The van der Waals surface area contributed by atoms with E-state index in [9.17, 15) is 19.2 Å². The fourth-order valence-corrected chi connectivity index (χ4v) is 4.40. The first-order valence-corrected chi connectivity index (χ1v) is 10.5. The predicted octanol–water partition coefficient (Wildman–Crippen LogP) is 1.97. The molecule has 30 heavy (non-hydrogen) atoms. The number of amides is 4. The van der Waals surface area contributed by atoms with Gasteiger partial charge in [-0.15, -0.1) is 0 Å². The zero-order valence-electron chi connectivity index (χ0n) is 17.3. The number of carbonyl (C=O) groups excluding carboxylic acids is 4. The highest BCUT2D eigenvalue weighted by molar-refractivity contribution is 6.05. The van der Waals surface area contributed by atoms with Crippen LogP contribution in [0.25, 0.3) is 0 Å². The molecule has 3 atom stereocenters. The lowest BCUT2D eigenvalue weighted by Crippen LogP contribution is -2.52. The van der Waals surface area contributed by atoms with E-state index in [1.165, 1.54) is 4.90 Å². The summed E-state index contributed by atoms with van der Waals surface area (Å²) in [6, 6.07) is 4.82. The molecule has 2 aliphatic heterocycles. The Hall–Kier alpha value is -2.90. The maximum Gasteiger partial charge on any atom is 0.407 e. The number of piperidine rings is 1. The van der Waals surface area contributed by atoms with Gasteiger partial charge in [0.25, 0.3) is 5.91 Å². The molecule has 1 saturated carbocycles. The summed E-state index contributed by atoms with van der Waals surface area (Å²) in [4.78, 5) is 49.8. The van der Waals surface area contributed by atoms with Crippen LogP contribution in [0.2, 0.25) is 0 Å². The second kappa shape index (κ2) is 8.08. The van der Waals surface area contributed by atoms with E-state index < -0.39 is 18.0 Å². The van der Waals surface area contributed by atoms with Crippen LogP contribution in [0, 0.1) is 17.8 Å². The third kappa shape index (κ3) is 4.17. The third-order valence-electron chi connectivity index (χ3n) is 6.29. The smallest absolute Gasteiger partial charge is 0.407 e. The van der Waals surface area contributed by atoms with Crippen molar-refractivity contribution in [1.29, 1.82) is 0 Å². The van der Waals surface area contributed by atoms with Gasteiger partial charge in [0, 0.05) is 25.1 Å². The molecule has 160 valence electrons. The SMILES string of the molecule is CC(C)C1CC1COC(=O)NCc1ccc2c(c1)C(=O)N(C1CCC(=O)NC1=O)C2. The van der Waals surface area contributed by atoms with Crippen LogP contribution in [0.4, 0.5) is 4.79 Å². The van der Waals surface area contributed by atoms with Crippen LogP contribution in [-0.2, 0) is 27.4 Å². The van der Waals surface area contributed by atoms with Crippen LogP contribution in [0.15, 0.2) is 18.2 Å². The van der Waals surface area contributed by atoms with E-state index in [0.29, 0.717) is 42.9 Å². The molecule has 8 heteroatoms. The number of benzene rings is 1. The Morgan fingerprint density at radius 3 is 2.80 bits per heavy atom. The zero-order chi connectivity index (χ0) is 21.4. The Balaban J connectivity index is 1.30. The van der Waals surface area contributed by atoms with Crippen molar-refractivity contribution in [3.05, 3.63) is 34.9 Å². The average Bonchev–Trinajstić information content (AvgIpc) is 3.43. The average molecular weight is 413 g/mol. The number of imide groups is 1. The van der Waals surface area contributed by atoms with Crippen LogP contribution < -0.4 is 10.6 Å². The van der Waals surface area contributed by atoms with Gasteiger partial charge >= 0.3 is 6.09 Å². The Labute approximate surface area is 175 Å². The van der Waals surface area contributed by atoms with Gasteiger partial charge in [0.05, 0.1) is 6.61 Å². The minimum Gasteiger partial charge on any atom is -0.449 e. The summed E-state index contributed by atoms with van der Waals surface area (Å²) in [6.07, 6.45) is 1.22. The molecule has 2 N–H and O–H groups in total. The highest BCUT2D eigenvalue weighted by Crippen LogP contribution is 2.44. The summed E-state index contributed by atoms with van der Waals surface area (Å²) in [5.74, 6) is 0.775. The molecule has 0 bridgehead atoms. The highest BCUT2D eigenvalue weighted by atomic mass is 16.5. The maximum absolute atomic E-state index is 12.8. The molecule has 1 aromatic carbocycles. The minimum atomic E-state index is -0.628. The van der Waals surface area contributed by atoms with Gasteiger partial charge in [-0.05, 0) is 47.8 Å². The summed E-state index contributed by atoms with van der Waals surface area (Å²) < 4.78 is 5.30. The zero-order valence-corrected chi connectivity index (χ0v) is 17.3. The number of ether oxygens (including phenoxy) is 1. The summed E-state index contributed by atoms with van der Waals surface area (Å²) in [5, 5.41) is 5.03. The fourth-order valence-electron chi connectivity index (χ4n) is 4.40. The number of rotatable bonds is 6. The molecule has 1 saturated heterocycles. The van der Waals surface area contributed by atoms with Crippen molar-refractivity contribution in [2.45, 2.75) is 52.2 Å². The van der Waals surface area contributed by atoms with Crippen LogP contribution in [0.3, 0.4) is 0 Å². The standard InChI is InChI=1S/C22H27N3O5/c1-12(2)16-8-15(16)11-30-22(29)23-9-13-3-4-14-10-25(21(28)17(14)7-13)18-5-6-19(26)24-20(18)27/h3-4,7,12,15-16,18H,5-6,8-11H2,1-2H3,(H,23,29)(H,24,26,27). The number of nitrogens with zero attached hydrogens (tertiary/aromatic N) is 1. The molecule has 8 nitrogen and oxygen atoms in total. The van der Waals surface area contributed by atoms with E-state index >= 15 is 0 Å². The molecule has 0 spiro atoms. The molecule has 2 fully saturated rings. The van der Waals surface area contributed by atoms with Crippen molar-refractivity contribution in [2.75, 3.05) is 6.61 Å². The van der Waals surface area contributed by atoms with Crippen LogP contribution in [0.1, 0.15) is 54.6 Å². The molecule has 3 unspecified atom stereocenters. The lowest BCUT2D eigenvalue weighted by molar-refractivity contribution is -0.136. The first-order valence-electron chi connectivity index (χ1n) is 10.5. The molecule has 1 aromatic rings. The van der Waals surface area contributed by atoms with Crippen molar-refractivity contribution in [3.8, 4) is 0 Å². The Morgan fingerprint density at radius 2 is 2.10 bits per heavy atom. The largest absolute Gasteiger partial charge is 0.449 e. The number of carbonyl (C=O) groups is 4. The van der Waals surface area contributed by atoms with Crippen molar-refractivity contribution in [1.82, 2.24) is 15.5 Å². The fraction of sp³-hybridized carbons (Fsp3) is 0.545. The van der Waals surface area contributed by atoms with E-state index in [0.717, 1.165) is 17.5 Å². The van der Waals surface area contributed by atoms with Crippen molar-refractivity contribution in [2.24, 2.45) is 17.8 Å². The number of hydrogen-bond donors (Lipinski definition) is 2. The van der Waals surface area contributed by atoms with Crippen LogP contribution in [0.5, 0.6) is 0 Å². The van der Waals surface area contributed by atoms with Gasteiger partial charge < -0.3 is 15.0 Å². The number of hydrogen-bond acceptors (Lipinski definition) is 5. The molecular formula is C22H27N3O5. The summed E-state index contributed by atoms with van der Waals surface area (Å²) >= 11 is 0. The van der Waals surface area contributed by atoms with Crippen LogP contribution >= 0.6 is 0 Å². The van der Waals surface area contributed by atoms with Gasteiger partial charge in [0.15, 0.2) is 0 Å². The normalized spacial score (nSPS) is 25.2.